The van der Waals surface area contributed by atoms with Gasteiger partial charge in [0, 0.05) is 11.4 Å². The second kappa shape index (κ2) is 5.88. The first-order chi connectivity index (χ1) is 9.86. The second-order valence-electron chi connectivity index (χ2n) is 4.38. The lowest BCUT2D eigenvalue weighted by Gasteiger charge is -2.27. The highest BCUT2D eigenvalue weighted by Gasteiger charge is 2.32. The summed E-state index contributed by atoms with van der Waals surface area (Å²) in [4.78, 5) is 33.7. The lowest BCUT2D eigenvalue weighted by atomic mass is 10.1. The molecule has 3 amide bonds. The van der Waals surface area contributed by atoms with Gasteiger partial charge < -0.3 is 26.2 Å². The van der Waals surface area contributed by atoms with Crippen LogP contribution >= 0.6 is 11.6 Å². The minimum absolute atomic E-state index is 0.213. The van der Waals surface area contributed by atoms with E-state index >= 15 is 0 Å². The van der Waals surface area contributed by atoms with Gasteiger partial charge in [-0.25, -0.2) is 4.79 Å². The fourth-order valence-electron chi connectivity index (χ4n) is 1.89. The Kier molecular flexibility index (Phi) is 4.18. The molecule has 0 saturated carbocycles. The van der Waals surface area contributed by atoms with Gasteiger partial charge in [0.2, 0.25) is 5.91 Å². The second-order valence-corrected chi connectivity index (χ2v) is 4.81. The third kappa shape index (κ3) is 3.54. The molecule has 5 N–H and O–H groups in total. The number of hydrogen-bond acceptors (Lipinski definition) is 4. The maximum atomic E-state index is 11.9. The SMILES string of the molecule is NC(=O)[C@H](C[C@@H]1Oc2ccc(Cl)cc2NC1=O)NC(=O)O. The molecule has 2 rings (SSSR count). The zero-order valence-electron chi connectivity index (χ0n) is 10.6. The van der Waals surface area contributed by atoms with Crippen molar-refractivity contribution in [2.24, 2.45) is 5.73 Å². The summed E-state index contributed by atoms with van der Waals surface area (Å²) in [5, 5.41) is 13.6. The maximum absolute atomic E-state index is 11.9. The summed E-state index contributed by atoms with van der Waals surface area (Å²) in [6.45, 7) is 0. The Bertz CT molecular complexity index is 607. The van der Waals surface area contributed by atoms with Crippen LogP contribution in [-0.2, 0) is 9.59 Å². The molecule has 1 aliphatic rings. The highest BCUT2D eigenvalue weighted by Crippen LogP contribution is 2.32. The molecular weight excluding hydrogens is 302 g/mol. The third-order valence-electron chi connectivity index (χ3n) is 2.85. The van der Waals surface area contributed by atoms with Crippen molar-refractivity contribution in [3.63, 3.8) is 0 Å². The molecule has 1 aromatic rings. The van der Waals surface area contributed by atoms with Crippen molar-refractivity contribution in [3.8, 4) is 5.75 Å². The number of amides is 3. The normalized spacial score (nSPS) is 18.0. The topological polar surface area (TPSA) is 131 Å². The molecule has 0 bridgehead atoms. The van der Waals surface area contributed by atoms with Crippen molar-refractivity contribution in [1.29, 1.82) is 0 Å². The minimum Gasteiger partial charge on any atom is -0.478 e. The highest BCUT2D eigenvalue weighted by atomic mass is 35.5. The monoisotopic (exact) mass is 313 g/mol. The molecule has 0 spiro atoms. The Morgan fingerprint density at radius 1 is 1.52 bits per heavy atom. The lowest BCUT2D eigenvalue weighted by molar-refractivity contribution is -0.125. The van der Waals surface area contributed by atoms with Gasteiger partial charge in [-0.05, 0) is 18.2 Å². The molecule has 0 unspecified atom stereocenters. The predicted octanol–water partition coefficient (Wildman–Crippen LogP) is 0.551. The van der Waals surface area contributed by atoms with Gasteiger partial charge in [-0.3, -0.25) is 9.59 Å². The highest BCUT2D eigenvalue weighted by molar-refractivity contribution is 6.31. The maximum Gasteiger partial charge on any atom is 0.405 e. The smallest absolute Gasteiger partial charge is 0.405 e. The number of rotatable bonds is 4. The van der Waals surface area contributed by atoms with Crippen LogP contribution < -0.4 is 21.1 Å². The summed E-state index contributed by atoms with van der Waals surface area (Å²) in [5.41, 5.74) is 5.50. The molecule has 0 aromatic heterocycles. The van der Waals surface area contributed by atoms with Crippen molar-refractivity contribution >= 4 is 35.2 Å². The molecule has 0 fully saturated rings. The molecule has 2 atom stereocenters. The summed E-state index contributed by atoms with van der Waals surface area (Å²) in [7, 11) is 0. The molecule has 112 valence electrons. The van der Waals surface area contributed by atoms with Crippen LogP contribution in [0.2, 0.25) is 5.02 Å². The van der Waals surface area contributed by atoms with Gasteiger partial charge in [0.05, 0.1) is 5.69 Å². The number of nitrogens with one attached hydrogen (secondary N) is 2. The van der Waals surface area contributed by atoms with Crippen LogP contribution in [0.4, 0.5) is 10.5 Å². The van der Waals surface area contributed by atoms with Gasteiger partial charge in [-0.15, -0.1) is 0 Å². The van der Waals surface area contributed by atoms with Gasteiger partial charge in [0.15, 0.2) is 6.10 Å². The first-order valence-electron chi connectivity index (χ1n) is 5.92. The fraction of sp³-hybridized carbons (Fsp3) is 0.250. The van der Waals surface area contributed by atoms with Crippen molar-refractivity contribution in [2.75, 3.05) is 5.32 Å². The van der Waals surface area contributed by atoms with Crippen molar-refractivity contribution < 1.29 is 24.2 Å². The summed E-state index contributed by atoms with van der Waals surface area (Å²) in [6, 6.07) is 3.43. The van der Waals surface area contributed by atoms with Crippen LogP contribution in [-0.4, -0.2) is 35.2 Å². The summed E-state index contributed by atoms with van der Waals surface area (Å²) < 4.78 is 5.45. The van der Waals surface area contributed by atoms with E-state index in [4.69, 9.17) is 27.2 Å². The number of nitrogens with two attached hydrogens (primary N) is 1. The quantitative estimate of drug-likeness (QED) is 0.644. The van der Waals surface area contributed by atoms with E-state index in [1.807, 2.05) is 5.32 Å². The first-order valence-corrected chi connectivity index (χ1v) is 6.30. The largest absolute Gasteiger partial charge is 0.478 e. The van der Waals surface area contributed by atoms with Gasteiger partial charge in [0.25, 0.3) is 5.91 Å². The standard InChI is InChI=1S/C12H12ClN3O5/c13-5-1-2-8-6(3-5)15-11(18)9(21-8)4-7(10(14)17)16-12(19)20/h1-3,7,9,16H,4H2,(H2,14,17)(H,15,18)(H,19,20)/t7-,9-/m0/s1. The van der Waals surface area contributed by atoms with Crippen LogP contribution in [0.3, 0.4) is 0 Å². The van der Waals surface area contributed by atoms with Crippen LogP contribution in [0.5, 0.6) is 5.75 Å². The number of halogens is 1. The minimum atomic E-state index is -1.41. The summed E-state index contributed by atoms with van der Waals surface area (Å²) in [6.07, 6.45) is -2.67. The molecule has 0 radical (unpaired) electrons. The third-order valence-corrected chi connectivity index (χ3v) is 3.09. The molecule has 8 nitrogen and oxygen atoms in total. The van der Waals surface area contributed by atoms with Crippen LogP contribution in [0, 0.1) is 0 Å². The van der Waals surface area contributed by atoms with E-state index in [2.05, 4.69) is 5.32 Å². The van der Waals surface area contributed by atoms with Gasteiger partial charge in [-0.1, -0.05) is 11.6 Å². The van der Waals surface area contributed by atoms with Gasteiger partial charge in [0.1, 0.15) is 11.8 Å². The van der Waals surface area contributed by atoms with E-state index in [1.54, 1.807) is 12.1 Å². The molecule has 21 heavy (non-hydrogen) atoms. The lowest BCUT2D eigenvalue weighted by Crippen LogP contribution is -2.49. The van der Waals surface area contributed by atoms with Gasteiger partial charge >= 0.3 is 6.09 Å². The zero-order valence-corrected chi connectivity index (χ0v) is 11.4. The fourth-order valence-corrected chi connectivity index (χ4v) is 2.06. The van der Waals surface area contributed by atoms with Crippen molar-refractivity contribution in [1.82, 2.24) is 5.32 Å². The number of ether oxygens (including phenoxy) is 1. The van der Waals surface area contributed by atoms with E-state index in [-0.39, 0.29) is 6.42 Å². The molecule has 0 aliphatic carbocycles. The van der Waals surface area contributed by atoms with E-state index in [0.29, 0.717) is 16.5 Å². The summed E-state index contributed by atoms with van der Waals surface area (Å²) in [5.74, 6) is -1.03. The number of hydrogen-bond donors (Lipinski definition) is 4. The van der Waals surface area contributed by atoms with Crippen molar-refractivity contribution in [2.45, 2.75) is 18.6 Å². The number of benzene rings is 1. The average molecular weight is 314 g/mol. The molecule has 1 heterocycles. The Labute approximate surface area is 124 Å². The summed E-state index contributed by atoms with van der Waals surface area (Å²) >= 11 is 5.80. The van der Waals surface area contributed by atoms with E-state index in [9.17, 15) is 14.4 Å². The molecule has 1 aromatic carbocycles. The van der Waals surface area contributed by atoms with E-state index < -0.39 is 30.1 Å². The Morgan fingerprint density at radius 2 is 2.24 bits per heavy atom. The number of carbonyl (C=O) groups is 3. The van der Waals surface area contributed by atoms with Crippen LogP contribution in [0.25, 0.3) is 0 Å². The number of primary amides is 1. The Morgan fingerprint density at radius 3 is 2.86 bits per heavy atom. The molecular formula is C12H12ClN3O5. The predicted molar refractivity (Wildman–Crippen MR) is 73.3 cm³/mol. The zero-order chi connectivity index (χ0) is 15.6. The Balaban J connectivity index is 2.14. The van der Waals surface area contributed by atoms with Crippen molar-refractivity contribution in [3.05, 3.63) is 23.2 Å². The average Bonchev–Trinajstić information content (AvgIpc) is 2.38. The number of anilines is 1. The van der Waals surface area contributed by atoms with E-state index in [1.165, 1.54) is 6.07 Å². The number of fused-ring (bicyclic) bond motifs is 1. The first kappa shape index (κ1) is 14.9. The number of carbonyl (C=O) groups excluding carboxylic acids is 2. The molecule has 9 heteroatoms. The molecule has 0 saturated heterocycles. The Hall–Kier alpha value is -2.48. The van der Waals surface area contributed by atoms with Gasteiger partial charge in [-0.2, -0.15) is 0 Å². The molecule has 1 aliphatic heterocycles. The van der Waals surface area contributed by atoms with Crippen LogP contribution in [0.1, 0.15) is 6.42 Å². The van der Waals surface area contributed by atoms with E-state index in [0.717, 1.165) is 0 Å². The van der Waals surface area contributed by atoms with Crippen LogP contribution in [0.15, 0.2) is 18.2 Å². The number of carboxylic acid groups (broad SMARTS) is 1.